The average molecular weight is 196 g/mol. The SMILES string of the molecule is CC1CCCN(C2CCNC2C)CC1. The summed E-state index contributed by atoms with van der Waals surface area (Å²) in [6, 6.07) is 1.53. The number of likely N-dealkylation sites (tertiary alicyclic amines) is 1. The van der Waals surface area contributed by atoms with E-state index in [0.717, 1.165) is 12.0 Å². The Balaban J connectivity index is 1.90. The molecule has 0 aliphatic carbocycles. The third kappa shape index (κ3) is 2.29. The first-order valence-corrected chi connectivity index (χ1v) is 6.25. The van der Waals surface area contributed by atoms with Gasteiger partial charge >= 0.3 is 0 Å². The summed E-state index contributed by atoms with van der Waals surface area (Å²) >= 11 is 0. The van der Waals surface area contributed by atoms with Gasteiger partial charge in [0.1, 0.15) is 0 Å². The Morgan fingerprint density at radius 2 is 1.93 bits per heavy atom. The molecule has 3 atom stereocenters. The van der Waals surface area contributed by atoms with Crippen molar-refractivity contribution >= 4 is 0 Å². The molecule has 2 saturated heterocycles. The minimum Gasteiger partial charge on any atom is -0.313 e. The molecular weight excluding hydrogens is 172 g/mol. The molecule has 2 heterocycles. The summed E-state index contributed by atoms with van der Waals surface area (Å²) in [6.45, 7) is 8.63. The van der Waals surface area contributed by atoms with Crippen LogP contribution in [0.25, 0.3) is 0 Å². The van der Waals surface area contributed by atoms with Crippen molar-refractivity contribution in [2.75, 3.05) is 19.6 Å². The molecule has 0 radical (unpaired) electrons. The van der Waals surface area contributed by atoms with Gasteiger partial charge < -0.3 is 5.32 Å². The molecule has 0 aromatic rings. The van der Waals surface area contributed by atoms with E-state index in [-0.39, 0.29) is 0 Å². The first-order chi connectivity index (χ1) is 6.77. The summed E-state index contributed by atoms with van der Waals surface area (Å²) in [5.74, 6) is 0.949. The fraction of sp³-hybridized carbons (Fsp3) is 1.00. The van der Waals surface area contributed by atoms with Gasteiger partial charge in [-0.2, -0.15) is 0 Å². The Morgan fingerprint density at radius 1 is 1.07 bits per heavy atom. The van der Waals surface area contributed by atoms with E-state index >= 15 is 0 Å². The van der Waals surface area contributed by atoms with E-state index in [4.69, 9.17) is 0 Å². The normalized spacial score (nSPS) is 41.1. The first kappa shape index (κ1) is 10.4. The summed E-state index contributed by atoms with van der Waals surface area (Å²) in [6.07, 6.45) is 5.61. The van der Waals surface area contributed by atoms with Crippen LogP contribution in [0.4, 0.5) is 0 Å². The van der Waals surface area contributed by atoms with E-state index in [9.17, 15) is 0 Å². The largest absolute Gasteiger partial charge is 0.313 e. The van der Waals surface area contributed by atoms with Gasteiger partial charge in [0.15, 0.2) is 0 Å². The minimum atomic E-state index is 0.711. The second-order valence-electron chi connectivity index (χ2n) is 5.17. The van der Waals surface area contributed by atoms with E-state index in [1.807, 2.05) is 0 Å². The van der Waals surface area contributed by atoms with Crippen molar-refractivity contribution in [1.82, 2.24) is 10.2 Å². The zero-order valence-electron chi connectivity index (χ0n) is 9.63. The van der Waals surface area contributed by atoms with Crippen LogP contribution in [0, 0.1) is 5.92 Å². The molecular formula is C12H24N2. The molecule has 2 nitrogen and oxygen atoms in total. The van der Waals surface area contributed by atoms with Gasteiger partial charge in [0.2, 0.25) is 0 Å². The van der Waals surface area contributed by atoms with E-state index in [1.165, 1.54) is 45.3 Å². The Hall–Kier alpha value is -0.0800. The number of hydrogen-bond acceptors (Lipinski definition) is 2. The molecule has 82 valence electrons. The standard InChI is InChI=1S/C12H24N2/c1-10-4-3-8-14(9-6-10)12-5-7-13-11(12)2/h10-13H,3-9H2,1-2H3. The Morgan fingerprint density at radius 3 is 2.64 bits per heavy atom. The lowest BCUT2D eigenvalue weighted by Crippen LogP contribution is -2.42. The van der Waals surface area contributed by atoms with E-state index in [2.05, 4.69) is 24.1 Å². The van der Waals surface area contributed by atoms with Crippen LogP contribution in [0.1, 0.15) is 39.5 Å². The summed E-state index contributed by atoms with van der Waals surface area (Å²) < 4.78 is 0. The molecule has 2 aliphatic heterocycles. The van der Waals surface area contributed by atoms with Gasteiger partial charge in [-0.15, -0.1) is 0 Å². The van der Waals surface area contributed by atoms with Crippen LogP contribution in [0.15, 0.2) is 0 Å². The molecule has 14 heavy (non-hydrogen) atoms. The van der Waals surface area contributed by atoms with Crippen LogP contribution < -0.4 is 5.32 Å². The molecule has 2 fully saturated rings. The highest BCUT2D eigenvalue weighted by Gasteiger charge is 2.29. The lowest BCUT2D eigenvalue weighted by molar-refractivity contribution is 0.191. The topological polar surface area (TPSA) is 15.3 Å². The number of nitrogens with zero attached hydrogens (tertiary/aromatic N) is 1. The van der Waals surface area contributed by atoms with Gasteiger partial charge in [0, 0.05) is 12.1 Å². The van der Waals surface area contributed by atoms with Gasteiger partial charge in [-0.3, -0.25) is 4.90 Å². The van der Waals surface area contributed by atoms with Crippen molar-refractivity contribution in [1.29, 1.82) is 0 Å². The van der Waals surface area contributed by atoms with E-state index < -0.39 is 0 Å². The quantitative estimate of drug-likeness (QED) is 0.688. The number of rotatable bonds is 1. The molecule has 2 rings (SSSR count). The highest BCUT2D eigenvalue weighted by atomic mass is 15.2. The molecule has 2 aliphatic rings. The highest BCUT2D eigenvalue weighted by Crippen LogP contribution is 2.22. The van der Waals surface area contributed by atoms with Crippen LogP contribution in [0.5, 0.6) is 0 Å². The Bertz CT molecular complexity index is 181. The third-order valence-corrected chi connectivity index (χ3v) is 4.00. The summed E-state index contributed by atoms with van der Waals surface area (Å²) in [7, 11) is 0. The molecule has 0 aromatic heterocycles. The zero-order chi connectivity index (χ0) is 9.97. The minimum absolute atomic E-state index is 0.711. The van der Waals surface area contributed by atoms with Crippen LogP contribution in [0.3, 0.4) is 0 Å². The molecule has 0 bridgehead atoms. The van der Waals surface area contributed by atoms with E-state index in [1.54, 1.807) is 0 Å². The van der Waals surface area contributed by atoms with Crippen molar-refractivity contribution in [3.63, 3.8) is 0 Å². The maximum absolute atomic E-state index is 3.56. The van der Waals surface area contributed by atoms with Crippen molar-refractivity contribution in [3.8, 4) is 0 Å². The maximum atomic E-state index is 3.56. The predicted octanol–water partition coefficient (Wildman–Crippen LogP) is 1.86. The summed E-state index contributed by atoms with van der Waals surface area (Å²) in [4.78, 5) is 2.73. The predicted molar refractivity (Wildman–Crippen MR) is 60.5 cm³/mol. The molecule has 2 heteroatoms. The average Bonchev–Trinajstić information content (AvgIpc) is 2.46. The third-order valence-electron chi connectivity index (χ3n) is 4.00. The maximum Gasteiger partial charge on any atom is 0.0258 e. The fourth-order valence-electron chi connectivity index (χ4n) is 2.96. The van der Waals surface area contributed by atoms with Gasteiger partial charge in [0.25, 0.3) is 0 Å². The molecule has 3 unspecified atom stereocenters. The Labute approximate surface area is 88.1 Å². The highest BCUT2D eigenvalue weighted by molar-refractivity contribution is 4.88. The van der Waals surface area contributed by atoms with Gasteiger partial charge in [-0.1, -0.05) is 6.92 Å². The summed E-state index contributed by atoms with van der Waals surface area (Å²) in [5, 5.41) is 3.56. The van der Waals surface area contributed by atoms with Crippen molar-refractivity contribution in [3.05, 3.63) is 0 Å². The second-order valence-corrected chi connectivity index (χ2v) is 5.17. The molecule has 0 amide bonds. The molecule has 0 aromatic carbocycles. The lowest BCUT2D eigenvalue weighted by Gasteiger charge is -2.30. The fourth-order valence-corrected chi connectivity index (χ4v) is 2.96. The monoisotopic (exact) mass is 196 g/mol. The Kier molecular flexibility index (Phi) is 3.45. The number of hydrogen-bond donors (Lipinski definition) is 1. The van der Waals surface area contributed by atoms with Crippen molar-refractivity contribution in [2.45, 2.75) is 51.6 Å². The number of nitrogens with one attached hydrogen (secondary N) is 1. The smallest absolute Gasteiger partial charge is 0.0258 e. The molecule has 0 spiro atoms. The lowest BCUT2D eigenvalue weighted by atomic mass is 10.0. The zero-order valence-corrected chi connectivity index (χ0v) is 9.63. The molecule has 1 N–H and O–H groups in total. The van der Waals surface area contributed by atoms with Crippen molar-refractivity contribution < 1.29 is 0 Å². The van der Waals surface area contributed by atoms with E-state index in [0.29, 0.717) is 6.04 Å². The second kappa shape index (κ2) is 4.63. The van der Waals surface area contributed by atoms with Crippen LogP contribution >= 0.6 is 0 Å². The van der Waals surface area contributed by atoms with Crippen LogP contribution in [-0.2, 0) is 0 Å². The van der Waals surface area contributed by atoms with Gasteiger partial charge in [-0.05, 0) is 58.2 Å². The first-order valence-electron chi connectivity index (χ1n) is 6.25. The molecule has 0 saturated carbocycles. The van der Waals surface area contributed by atoms with Crippen molar-refractivity contribution in [2.24, 2.45) is 5.92 Å². The van der Waals surface area contributed by atoms with Crippen LogP contribution in [-0.4, -0.2) is 36.6 Å². The van der Waals surface area contributed by atoms with Gasteiger partial charge in [0.05, 0.1) is 0 Å². The van der Waals surface area contributed by atoms with Gasteiger partial charge in [-0.25, -0.2) is 0 Å². The van der Waals surface area contributed by atoms with Crippen LogP contribution in [0.2, 0.25) is 0 Å². The summed E-state index contributed by atoms with van der Waals surface area (Å²) in [5.41, 5.74) is 0.